The number of aliphatic hydroxyl groups excluding tert-OH is 1. The lowest BCUT2D eigenvalue weighted by atomic mass is 9.95. The van der Waals surface area contributed by atoms with Gasteiger partial charge in [0.15, 0.2) is 0 Å². The van der Waals surface area contributed by atoms with E-state index in [-0.39, 0.29) is 0 Å². The average Bonchev–Trinajstić information content (AvgIpc) is 2.96. The number of nitrogens with one attached hydrogen (secondary N) is 1. The Morgan fingerprint density at radius 1 is 1.07 bits per heavy atom. The molecule has 0 bridgehead atoms. The lowest BCUT2D eigenvalue weighted by Crippen LogP contribution is -2.26. The second-order valence-corrected chi connectivity index (χ2v) is 8.05. The molecule has 1 aliphatic carbocycles. The number of fused-ring (bicyclic) bond motifs is 3. The van der Waals surface area contributed by atoms with Gasteiger partial charge >= 0.3 is 0 Å². The molecule has 0 amide bonds. The van der Waals surface area contributed by atoms with Crippen LogP contribution in [0.15, 0.2) is 36.4 Å². The van der Waals surface area contributed by atoms with Crippen molar-refractivity contribution in [1.29, 1.82) is 0 Å². The van der Waals surface area contributed by atoms with Gasteiger partial charge < -0.3 is 15.0 Å². The fourth-order valence-corrected chi connectivity index (χ4v) is 4.40. The van der Waals surface area contributed by atoms with Crippen LogP contribution in [0, 0.1) is 20.8 Å². The van der Waals surface area contributed by atoms with Crippen molar-refractivity contribution in [2.45, 2.75) is 59.1 Å². The van der Waals surface area contributed by atoms with Crippen molar-refractivity contribution in [3.8, 4) is 0 Å². The highest BCUT2D eigenvalue weighted by molar-refractivity contribution is 5.86. The van der Waals surface area contributed by atoms with Crippen molar-refractivity contribution in [2.75, 3.05) is 11.9 Å². The molecule has 1 heterocycles. The van der Waals surface area contributed by atoms with Crippen LogP contribution < -0.4 is 5.32 Å². The SMILES string of the molecule is Cc1ccc2c(c1)c1c(n2C[C@@H](O)CNc2cccc(C)c2C)CCCC1. The lowest BCUT2D eigenvalue weighted by molar-refractivity contribution is 0.167. The maximum Gasteiger partial charge on any atom is 0.0891 e. The first-order chi connectivity index (χ1) is 13.0. The Hall–Kier alpha value is -2.26. The number of aromatic nitrogens is 1. The molecule has 0 saturated heterocycles. The first-order valence-corrected chi connectivity index (χ1v) is 10.1. The fourth-order valence-electron chi connectivity index (χ4n) is 4.40. The Balaban J connectivity index is 1.57. The second-order valence-electron chi connectivity index (χ2n) is 8.05. The van der Waals surface area contributed by atoms with E-state index >= 15 is 0 Å². The van der Waals surface area contributed by atoms with Crippen LogP contribution in [0.2, 0.25) is 0 Å². The zero-order valence-electron chi connectivity index (χ0n) is 16.7. The van der Waals surface area contributed by atoms with Gasteiger partial charge in [0, 0.05) is 28.8 Å². The van der Waals surface area contributed by atoms with Gasteiger partial charge in [-0.3, -0.25) is 0 Å². The zero-order valence-corrected chi connectivity index (χ0v) is 16.7. The standard InChI is InChI=1S/C24H30N2O/c1-16-11-12-24-21(13-16)20-8-4-5-10-23(20)26(24)15-19(27)14-25-22-9-6-7-17(2)18(22)3/h6-7,9,11-13,19,25,27H,4-5,8,10,14-15H2,1-3H3/t19-/m0/s1. The number of anilines is 1. The lowest BCUT2D eigenvalue weighted by Gasteiger charge is -2.20. The summed E-state index contributed by atoms with van der Waals surface area (Å²) in [7, 11) is 0. The number of nitrogens with zero attached hydrogens (tertiary/aromatic N) is 1. The van der Waals surface area contributed by atoms with Crippen molar-refractivity contribution in [2.24, 2.45) is 0 Å². The van der Waals surface area contributed by atoms with E-state index in [1.54, 1.807) is 0 Å². The Morgan fingerprint density at radius 2 is 1.89 bits per heavy atom. The van der Waals surface area contributed by atoms with Gasteiger partial charge in [-0.05, 0) is 81.3 Å². The predicted molar refractivity (Wildman–Crippen MR) is 114 cm³/mol. The molecule has 142 valence electrons. The van der Waals surface area contributed by atoms with Crippen molar-refractivity contribution in [3.05, 3.63) is 64.3 Å². The molecule has 0 fully saturated rings. The predicted octanol–water partition coefficient (Wildman–Crippen LogP) is 4.92. The van der Waals surface area contributed by atoms with Gasteiger partial charge in [-0.25, -0.2) is 0 Å². The van der Waals surface area contributed by atoms with E-state index in [9.17, 15) is 5.11 Å². The smallest absolute Gasteiger partial charge is 0.0891 e. The van der Waals surface area contributed by atoms with Crippen molar-refractivity contribution >= 4 is 16.6 Å². The van der Waals surface area contributed by atoms with Crippen molar-refractivity contribution in [1.82, 2.24) is 4.57 Å². The molecule has 0 aliphatic heterocycles. The third-order valence-electron chi connectivity index (χ3n) is 6.06. The summed E-state index contributed by atoms with van der Waals surface area (Å²) >= 11 is 0. The van der Waals surface area contributed by atoms with Crippen LogP contribution in [0.25, 0.3) is 10.9 Å². The Morgan fingerprint density at radius 3 is 2.74 bits per heavy atom. The molecular weight excluding hydrogens is 332 g/mol. The summed E-state index contributed by atoms with van der Waals surface area (Å²) in [5, 5.41) is 15.6. The Kier molecular flexibility index (Phi) is 4.96. The number of aryl methyl sites for hydroxylation is 3. The molecule has 0 unspecified atom stereocenters. The van der Waals surface area contributed by atoms with Crippen LogP contribution >= 0.6 is 0 Å². The van der Waals surface area contributed by atoms with Crippen LogP contribution in [0.1, 0.15) is 40.8 Å². The highest BCUT2D eigenvalue weighted by Gasteiger charge is 2.21. The van der Waals surface area contributed by atoms with Crippen molar-refractivity contribution < 1.29 is 5.11 Å². The molecule has 4 rings (SSSR count). The summed E-state index contributed by atoms with van der Waals surface area (Å²) in [5.41, 5.74) is 9.18. The minimum Gasteiger partial charge on any atom is -0.389 e. The topological polar surface area (TPSA) is 37.2 Å². The van der Waals surface area contributed by atoms with E-state index in [4.69, 9.17) is 0 Å². The third kappa shape index (κ3) is 3.49. The normalized spacial score (nSPS) is 15.0. The molecule has 0 saturated carbocycles. The van der Waals surface area contributed by atoms with Gasteiger partial charge in [0.25, 0.3) is 0 Å². The molecular formula is C24H30N2O. The summed E-state index contributed by atoms with van der Waals surface area (Å²) < 4.78 is 2.37. The molecule has 1 aromatic heterocycles. The molecule has 3 nitrogen and oxygen atoms in total. The first kappa shape index (κ1) is 18.1. The molecule has 1 atom stereocenters. The van der Waals surface area contributed by atoms with Gasteiger partial charge in [0.05, 0.1) is 12.6 Å². The highest BCUT2D eigenvalue weighted by Crippen LogP contribution is 2.33. The van der Waals surface area contributed by atoms with Gasteiger partial charge in [0.2, 0.25) is 0 Å². The van der Waals surface area contributed by atoms with Crippen molar-refractivity contribution in [3.63, 3.8) is 0 Å². The van der Waals surface area contributed by atoms with Crippen LogP contribution in [0.5, 0.6) is 0 Å². The monoisotopic (exact) mass is 362 g/mol. The van der Waals surface area contributed by atoms with Gasteiger partial charge in [-0.2, -0.15) is 0 Å². The Bertz CT molecular complexity index is 970. The molecule has 0 spiro atoms. The zero-order chi connectivity index (χ0) is 19.0. The minimum absolute atomic E-state index is 0.423. The Labute approximate surface area is 162 Å². The maximum absolute atomic E-state index is 10.8. The maximum atomic E-state index is 10.8. The van der Waals surface area contributed by atoms with E-state index in [2.05, 4.69) is 67.1 Å². The molecule has 2 aromatic carbocycles. The summed E-state index contributed by atoms with van der Waals surface area (Å²) in [4.78, 5) is 0. The number of hydrogen-bond donors (Lipinski definition) is 2. The first-order valence-electron chi connectivity index (χ1n) is 10.1. The van der Waals surface area contributed by atoms with E-state index in [1.807, 2.05) is 0 Å². The largest absolute Gasteiger partial charge is 0.389 e. The van der Waals surface area contributed by atoms with E-state index in [1.165, 1.54) is 58.1 Å². The number of rotatable bonds is 5. The minimum atomic E-state index is -0.423. The second kappa shape index (κ2) is 7.40. The van der Waals surface area contributed by atoms with Gasteiger partial charge in [0.1, 0.15) is 0 Å². The molecule has 27 heavy (non-hydrogen) atoms. The summed E-state index contributed by atoms with van der Waals surface area (Å²) in [6.45, 7) is 7.62. The average molecular weight is 363 g/mol. The molecule has 1 aliphatic rings. The van der Waals surface area contributed by atoms with E-state index in [0.29, 0.717) is 13.1 Å². The van der Waals surface area contributed by atoms with Gasteiger partial charge in [-0.1, -0.05) is 23.8 Å². The van der Waals surface area contributed by atoms with Crippen LogP contribution in [-0.2, 0) is 19.4 Å². The number of aliphatic hydroxyl groups is 1. The van der Waals surface area contributed by atoms with Gasteiger partial charge in [-0.15, -0.1) is 0 Å². The molecule has 2 N–H and O–H groups in total. The summed E-state index contributed by atoms with van der Waals surface area (Å²) in [5.74, 6) is 0. The molecule has 3 aromatic rings. The van der Waals surface area contributed by atoms with Crippen LogP contribution in [0.3, 0.4) is 0 Å². The molecule has 3 heteroatoms. The van der Waals surface area contributed by atoms with E-state index < -0.39 is 6.10 Å². The van der Waals surface area contributed by atoms with Crippen LogP contribution in [-0.4, -0.2) is 22.3 Å². The quantitative estimate of drug-likeness (QED) is 0.676. The van der Waals surface area contributed by atoms with E-state index in [0.717, 1.165) is 12.1 Å². The summed E-state index contributed by atoms with van der Waals surface area (Å²) in [6.07, 6.45) is 4.39. The highest BCUT2D eigenvalue weighted by atomic mass is 16.3. The van der Waals surface area contributed by atoms with Crippen LogP contribution in [0.4, 0.5) is 5.69 Å². The third-order valence-corrected chi connectivity index (χ3v) is 6.06. The summed E-state index contributed by atoms with van der Waals surface area (Å²) in [6, 6.07) is 13.0. The fraction of sp³-hybridized carbons (Fsp3) is 0.417. The number of hydrogen-bond acceptors (Lipinski definition) is 2. The number of benzene rings is 2. The molecule has 0 radical (unpaired) electrons.